The van der Waals surface area contributed by atoms with E-state index in [9.17, 15) is 43.2 Å². The van der Waals surface area contributed by atoms with Gasteiger partial charge < -0.3 is 33.8 Å². The minimum Gasteiger partial charge on any atom is -0.462 e. The van der Waals surface area contributed by atoms with Gasteiger partial charge in [0.05, 0.1) is 26.4 Å². The topological polar surface area (TPSA) is 237 Å². The maximum atomic E-state index is 13.1. The number of phosphoric acid groups is 2. The van der Waals surface area contributed by atoms with Crippen LogP contribution in [0.2, 0.25) is 0 Å². The molecule has 0 aliphatic heterocycles. The van der Waals surface area contributed by atoms with Gasteiger partial charge in [-0.3, -0.25) is 37.3 Å². The van der Waals surface area contributed by atoms with E-state index in [-0.39, 0.29) is 25.7 Å². The normalized spacial score (nSPS) is 14.3. The number of hydrogen-bond acceptors (Lipinski definition) is 15. The van der Waals surface area contributed by atoms with Crippen molar-refractivity contribution in [3.8, 4) is 0 Å². The number of esters is 4. The number of aliphatic hydroxyl groups excluding tert-OH is 1. The van der Waals surface area contributed by atoms with E-state index >= 15 is 0 Å². The molecule has 0 aliphatic carbocycles. The van der Waals surface area contributed by atoms with E-state index in [1.54, 1.807) is 0 Å². The van der Waals surface area contributed by atoms with Crippen LogP contribution in [0.15, 0.2) is 0 Å². The predicted octanol–water partition coefficient (Wildman–Crippen LogP) is 21.3. The smallest absolute Gasteiger partial charge is 0.462 e. The van der Waals surface area contributed by atoms with Crippen LogP contribution in [0.5, 0.6) is 0 Å². The van der Waals surface area contributed by atoms with Crippen LogP contribution in [0.1, 0.15) is 381 Å². The lowest BCUT2D eigenvalue weighted by molar-refractivity contribution is -0.161. The van der Waals surface area contributed by atoms with Crippen LogP contribution in [0.4, 0.5) is 0 Å². The molecule has 17 nitrogen and oxygen atoms in total. The lowest BCUT2D eigenvalue weighted by Gasteiger charge is -2.21. The Hall–Kier alpha value is -1.94. The standard InChI is InChI=1S/C73H142O17P2/c1-6-10-13-16-19-22-24-26-27-28-29-30-31-32-34-36-39-42-48-53-58-72(77)89-68(62-84-71(76)57-52-47-41-38-35-33-25-23-20-17-14-11-7-2)64-87-91(79,80)85-60-67(74)61-86-92(81,82)88-65-69(63-83-70(75)56-51-46-40-37-21-18-15-12-8-3)90-73(78)59-54-49-44-43-45-50-55-66(5)9-4/h66-69,74H,6-65H2,1-5H3,(H,79,80)(H,81,82)/t66?,67-,68-,69-/m1/s1. The van der Waals surface area contributed by atoms with Crippen molar-refractivity contribution in [3.05, 3.63) is 0 Å². The summed E-state index contributed by atoms with van der Waals surface area (Å²) in [6.45, 7) is 7.20. The van der Waals surface area contributed by atoms with E-state index in [1.807, 2.05) is 0 Å². The van der Waals surface area contributed by atoms with Crippen molar-refractivity contribution in [1.82, 2.24) is 0 Å². The molecule has 3 N–H and O–H groups in total. The van der Waals surface area contributed by atoms with Gasteiger partial charge in [0.1, 0.15) is 19.3 Å². The highest BCUT2D eigenvalue weighted by Crippen LogP contribution is 2.45. The molecule has 0 fully saturated rings. The van der Waals surface area contributed by atoms with Gasteiger partial charge in [0.2, 0.25) is 0 Å². The quantitative estimate of drug-likeness (QED) is 0.0222. The Bertz CT molecular complexity index is 1770. The molecule has 0 radical (unpaired) electrons. The zero-order valence-corrected chi connectivity index (χ0v) is 61.5. The third kappa shape index (κ3) is 65.4. The number of carbonyl (C=O) groups excluding carboxylic acids is 4. The average molecular weight is 1350 g/mol. The van der Waals surface area contributed by atoms with Crippen molar-refractivity contribution in [3.63, 3.8) is 0 Å². The molecule has 0 aromatic heterocycles. The second kappa shape index (κ2) is 66.3. The molecule has 0 heterocycles. The monoisotopic (exact) mass is 1350 g/mol. The molecule has 0 saturated heterocycles. The SMILES string of the molecule is CCCCCCCCCCCCCCCCCCCCCCC(=O)O[C@H](COC(=O)CCCCCCCCCCCCCCC)COP(=O)(O)OC[C@@H](O)COP(=O)(O)OC[C@@H](COC(=O)CCCCCCCCCCC)OC(=O)CCCCCCCCC(C)CC. The fraction of sp³-hybridized carbons (Fsp3) is 0.945. The summed E-state index contributed by atoms with van der Waals surface area (Å²) in [7, 11) is -9.90. The summed E-state index contributed by atoms with van der Waals surface area (Å²) in [5.41, 5.74) is 0. The van der Waals surface area contributed by atoms with Gasteiger partial charge in [-0.1, -0.05) is 330 Å². The van der Waals surface area contributed by atoms with Gasteiger partial charge in [0, 0.05) is 25.7 Å². The van der Waals surface area contributed by atoms with E-state index in [2.05, 4.69) is 34.6 Å². The Morgan fingerprint density at radius 1 is 0.304 bits per heavy atom. The number of carbonyl (C=O) groups is 4. The highest BCUT2D eigenvalue weighted by Gasteiger charge is 2.30. The van der Waals surface area contributed by atoms with Crippen molar-refractivity contribution >= 4 is 39.5 Å². The fourth-order valence-electron chi connectivity index (χ4n) is 11.1. The van der Waals surface area contributed by atoms with E-state index in [0.717, 1.165) is 95.8 Å². The van der Waals surface area contributed by atoms with Crippen LogP contribution in [0, 0.1) is 5.92 Å². The Morgan fingerprint density at radius 2 is 0.522 bits per heavy atom. The van der Waals surface area contributed by atoms with Gasteiger partial charge in [-0.15, -0.1) is 0 Å². The Balaban J connectivity index is 5.19. The van der Waals surface area contributed by atoms with Gasteiger partial charge >= 0.3 is 39.5 Å². The van der Waals surface area contributed by atoms with Gasteiger partial charge in [-0.2, -0.15) is 0 Å². The average Bonchev–Trinajstić information content (AvgIpc) is 3.56. The van der Waals surface area contributed by atoms with Crippen LogP contribution in [0.3, 0.4) is 0 Å². The highest BCUT2D eigenvalue weighted by molar-refractivity contribution is 7.47. The molecule has 0 saturated carbocycles. The molecule has 0 aromatic carbocycles. The zero-order chi connectivity index (χ0) is 67.7. The summed E-state index contributed by atoms with van der Waals surface area (Å²) in [4.78, 5) is 72.6. The number of rotatable bonds is 73. The van der Waals surface area contributed by atoms with Crippen LogP contribution < -0.4 is 0 Å². The van der Waals surface area contributed by atoms with Gasteiger partial charge in [-0.05, 0) is 31.6 Å². The Kier molecular flexibility index (Phi) is 64.9. The van der Waals surface area contributed by atoms with Gasteiger partial charge in [-0.25, -0.2) is 9.13 Å². The molecule has 19 heteroatoms. The van der Waals surface area contributed by atoms with E-state index < -0.39 is 97.5 Å². The molecule has 92 heavy (non-hydrogen) atoms. The number of hydrogen-bond donors (Lipinski definition) is 3. The lowest BCUT2D eigenvalue weighted by atomic mass is 10.00. The molecular formula is C73H142O17P2. The first-order valence-electron chi connectivity index (χ1n) is 38.2. The second-order valence-corrected chi connectivity index (χ2v) is 29.5. The van der Waals surface area contributed by atoms with Crippen LogP contribution in [0.25, 0.3) is 0 Å². The highest BCUT2D eigenvalue weighted by atomic mass is 31.2. The lowest BCUT2D eigenvalue weighted by Crippen LogP contribution is -2.30. The summed E-state index contributed by atoms with van der Waals surface area (Å²) >= 11 is 0. The summed E-state index contributed by atoms with van der Waals surface area (Å²) in [5.74, 6) is -1.40. The van der Waals surface area contributed by atoms with Gasteiger partial charge in [0.15, 0.2) is 12.2 Å². The van der Waals surface area contributed by atoms with Crippen molar-refractivity contribution in [2.75, 3.05) is 39.6 Å². The summed E-state index contributed by atoms with van der Waals surface area (Å²) < 4.78 is 68.3. The first-order valence-corrected chi connectivity index (χ1v) is 41.2. The predicted molar refractivity (Wildman–Crippen MR) is 372 cm³/mol. The number of ether oxygens (including phenoxy) is 4. The third-order valence-corrected chi connectivity index (χ3v) is 19.3. The molecule has 0 amide bonds. The molecule has 3 unspecified atom stereocenters. The fourth-order valence-corrected chi connectivity index (χ4v) is 12.7. The molecule has 0 spiro atoms. The Labute approximate surface area is 562 Å². The van der Waals surface area contributed by atoms with Crippen LogP contribution in [-0.2, 0) is 65.4 Å². The first-order chi connectivity index (χ1) is 44.6. The minimum absolute atomic E-state index is 0.103. The maximum absolute atomic E-state index is 13.1. The van der Waals surface area contributed by atoms with E-state index in [0.29, 0.717) is 25.7 Å². The second-order valence-electron chi connectivity index (χ2n) is 26.6. The minimum atomic E-state index is -4.95. The van der Waals surface area contributed by atoms with Crippen LogP contribution in [-0.4, -0.2) is 96.7 Å². The van der Waals surface area contributed by atoms with Crippen LogP contribution >= 0.6 is 15.6 Å². The van der Waals surface area contributed by atoms with Crippen molar-refractivity contribution in [2.24, 2.45) is 5.92 Å². The molecule has 6 atom stereocenters. The summed E-state index contributed by atoms with van der Waals surface area (Å²) in [5, 5.41) is 10.6. The van der Waals surface area contributed by atoms with Crippen molar-refractivity contribution in [2.45, 2.75) is 400 Å². The molecular weight excluding hydrogens is 1210 g/mol. The molecule has 0 aliphatic rings. The largest absolute Gasteiger partial charge is 0.472 e. The molecule has 0 rings (SSSR count). The number of unbranched alkanes of at least 4 members (excludes halogenated alkanes) is 44. The molecule has 546 valence electrons. The number of aliphatic hydroxyl groups is 1. The summed E-state index contributed by atoms with van der Waals surface area (Å²) in [6, 6.07) is 0. The van der Waals surface area contributed by atoms with Crippen molar-refractivity contribution in [1.29, 1.82) is 0 Å². The third-order valence-electron chi connectivity index (χ3n) is 17.4. The van der Waals surface area contributed by atoms with Crippen molar-refractivity contribution < 1.29 is 80.2 Å². The van der Waals surface area contributed by atoms with E-state index in [4.69, 9.17) is 37.0 Å². The summed E-state index contributed by atoms with van der Waals surface area (Å²) in [6.07, 6.45) is 54.2. The zero-order valence-electron chi connectivity index (χ0n) is 59.7. The Morgan fingerprint density at radius 3 is 0.772 bits per heavy atom. The van der Waals surface area contributed by atoms with Gasteiger partial charge in [0.25, 0.3) is 0 Å². The number of phosphoric ester groups is 2. The molecule has 0 bridgehead atoms. The first kappa shape index (κ1) is 90.1. The molecule has 0 aromatic rings. The maximum Gasteiger partial charge on any atom is 0.472 e. The van der Waals surface area contributed by atoms with E-state index in [1.165, 1.54) is 205 Å².